The van der Waals surface area contributed by atoms with Crippen molar-refractivity contribution < 1.29 is 13.0 Å². The van der Waals surface area contributed by atoms with Gasteiger partial charge in [0.2, 0.25) is 0 Å². The highest BCUT2D eigenvalue weighted by Crippen LogP contribution is 2.36. The molecule has 0 aliphatic rings. The number of benzene rings is 2. The van der Waals surface area contributed by atoms with Gasteiger partial charge in [0.05, 0.1) is 0 Å². The molecule has 1 N–H and O–H groups in total. The van der Waals surface area contributed by atoms with Gasteiger partial charge in [-0.05, 0) is 24.3 Å². The summed E-state index contributed by atoms with van der Waals surface area (Å²) in [4.78, 5) is 1.70. The molecule has 2 aromatic rings. The van der Waals surface area contributed by atoms with E-state index in [1.807, 2.05) is 30.3 Å². The van der Waals surface area contributed by atoms with E-state index >= 15 is 0 Å². The molecule has 2 aromatic carbocycles. The van der Waals surface area contributed by atoms with Gasteiger partial charge in [-0.2, -0.15) is 8.42 Å². The van der Waals surface area contributed by atoms with E-state index in [9.17, 15) is 13.0 Å². The zero-order valence-electron chi connectivity index (χ0n) is 9.15. The van der Waals surface area contributed by atoms with Crippen molar-refractivity contribution in [1.29, 1.82) is 0 Å². The van der Waals surface area contributed by atoms with E-state index < -0.39 is 10.1 Å². The van der Waals surface area contributed by atoms with Crippen LogP contribution in [0, 0.1) is 0 Å². The van der Waals surface area contributed by atoms with Crippen molar-refractivity contribution in [2.24, 2.45) is 0 Å². The standard InChI is InChI=1S/C12H10O3S3/c13-18(14,15)11-8-4-7-10(16)12(11)17-9-5-2-1-3-6-9/h1-8,16H,(H,13,14,15). The lowest BCUT2D eigenvalue weighted by atomic mass is 10.4. The predicted molar refractivity (Wildman–Crippen MR) is 74.1 cm³/mol. The molecule has 2 rings (SSSR count). The maximum absolute atomic E-state index is 11.3. The minimum Gasteiger partial charge on any atom is -0.282 e. The first kappa shape index (κ1) is 13.5. The van der Waals surface area contributed by atoms with Crippen LogP contribution in [-0.4, -0.2) is 13.0 Å². The minimum atomic E-state index is -4.25. The molecule has 0 bridgehead atoms. The Bertz CT molecular complexity index is 652. The summed E-state index contributed by atoms with van der Waals surface area (Å²) in [5.41, 5.74) is 0. The maximum atomic E-state index is 11.3. The van der Waals surface area contributed by atoms with Crippen molar-refractivity contribution >= 4 is 34.5 Å². The maximum Gasteiger partial charge on any atom is 0.295 e. The summed E-state index contributed by atoms with van der Waals surface area (Å²) in [6.07, 6.45) is 0. The van der Waals surface area contributed by atoms with E-state index in [-0.39, 0.29) is 4.90 Å². The van der Waals surface area contributed by atoms with Crippen LogP contribution in [0.5, 0.6) is 0 Å². The second kappa shape index (κ2) is 5.36. The molecule has 0 heterocycles. The molecule has 0 saturated carbocycles. The van der Waals surface area contributed by atoms with Gasteiger partial charge in [0.15, 0.2) is 0 Å². The van der Waals surface area contributed by atoms with E-state index in [1.165, 1.54) is 17.8 Å². The van der Waals surface area contributed by atoms with E-state index in [2.05, 4.69) is 12.6 Å². The van der Waals surface area contributed by atoms with Crippen LogP contribution in [-0.2, 0) is 10.1 Å². The zero-order valence-corrected chi connectivity index (χ0v) is 11.7. The first-order valence-electron chi connectivity index (χ1n) is 5.01. The third-order valence-electron chi connectivity index (χ3n) is 2.20. The minimum absolute atomic E-state index is 0.121. The predicted octanol–water partition coefficient (Wildman–Crippen LogP) is 3.37. The number of hydrogen-bond donors (Lipinski definition) is 2. The monoisotopic (exact) mass is 298 g/mol. The average molecular weight is 298 g/mol. The van der Waals surface area contributed by atoms with Crippen LogP contribution in [0.3, 0.4) is 0 Å². The molecule has 0 aliphatic heterocycles. The molecule has 0 spiro atoms. The fourth-order valence-corrected chi connectivity index (χ4v) is 3.74. The lowest BCUT2D eigenvalue weighted by Gasteiger charge is -2.09. The number of thiol groups is 1. The molecule has 18 heavy (non-hydrogen) atoms. The van der Waals surface area contributed by atoms with Gasteiger partial charge in [-0.1, -0.05) is 36.0 Å². The van der Waals surface area contributed by atoms with Crippen LogP contribution in [0.15, 0.2) is 68.1 Å². The van der Waals surface area contributed by atoms with Gasteiger partial charge in [0.1, 0.15) is 4.90 Å². The first-order chi connectivity index (χ1) is 8.48. The van der Waals surface area contributed by atoms with Crippen molar-refractivity contribution in [3.8, 4) is 0 Å². The summed E-state index contributed by atoms with van der Waals surface area (Å²) < 4.78 is 31.8. The van der Waals surface area contributed by atoms with Crippen LogP contribution in [0.4, 0.5) is 0 Å². The molecule has 3 nitrogen and oxygen atoms in total. The van der Waals surface area contributed by atoms with Crippen molar-refractivity contribution in [2.75, 3.05) is 0 Å². The molecule has 0 amide bonds. The molecule has 0 unspecified atom stereocenters. The molecule has 0 radical (unpaired) electrons. The molecular weight excluding hydrogens is 288 g/mol. The van der Waals surface area contributed by atoms with E-state index in [4.69, 9.17) is 0 Å². The molecule has 0 saturated heterocycles. The van der Waals surface area contributed by atoms with Gasteiger partial charge in [-0.15, -0.1) is 12.6 Å². The lowest BCUT2D eigenvalue weighted by molar-refractivity contribution is 0.480. The molecule has 0 aromatic heterocycles. The normalized spacial score (nSPS) is 11.4. The summed E-state index contributed by atoms with van der Waals surface area (Å²) in [6, 6.07) is 13.9. The van der Waals surface area contributed by atoms with Crippen molar-refractivity contribution in [3.05, 3.63) is 48.5 Å². The zero-order chi connectivity index (χ0) is 13.2. The molecular formula is C12H10O3S3. The van der Waals surface area contributed by atoms with Crippen LogP contribution in [0.2, 0.25) is 0 Å². The Morgan fingerprint density at radius 2 is 1.67 bits per heavy atom. The molecule has 94 valence electrons. The largest absolute Gasteiger partial charge is 0.295 e. The Hall–Kier alpha value is -0.950. The van der Waals surface area contributed by atoms with Crippen molar-refractivity contribution in [1.82, 2.24) is 0 Å². The summed E-state index contributed by atoms with van der Waals surface area (Å²) in [5.74, 6) is 0. The van der Waals surface area contributed by atoms with Gasteiger partial charge in [-0.3, -0.25) is 4.55 Å². The molecule has 6 heteroatoms. The summed E-state index contributed by atoms with van der Waals surface area (Å²) in [7, 11) is -4.25. The third-order valence-corrected chi connectivity index (χ3v) is 4.90. The van der Waals surface area contributed by atoms with Crippen LogP contribution in [0.25, 0.3) is 0 Å². The van der Waals surface area contributed by atoms with Crippen LogP contribution in [0.1, 0.15) is 0 Å². The highest BCUT2D eigenvalue weighted by Gasteiger charge is 2.18. The number of rotatable bonds is 3. The van der Waals surface area contributed by atoms with Gasteiger partial charge in [-0.25, -0.2) is 0 Å². The van der Waals surface area contributed by atoms with E-state index in [1.54, 1.807) is 12.1 Å². The molecule has 0 atom stereocenters. The smallest absolute Gasteiger partial charge is 0.282 e. The Kier molecular flexibility index (Phi) is 4.01. The Morgan fingerprint density at radius 3 is 2.28 bits per heavy atom. The Labute approximate surface area is 115 Å². The lowest BCUT2D eigenvalue weighted by Crippen LogP contribution is -2.00. The van der Waals surface area contributed by atoms with Crippen LogP contribution < -0.4 is 0 Å². The summed E-state index contributed by atoms with van der Waals surface area (Å²) in [5, 5.41) is 0. The Morgan fingerprint density at radius 1 is 1.00 bits per heavy atom. The van der Waals surface area contributed by atoms with E-state index in [0.29, 0.717) is 9.79 Å². The van der Waals surface area contributed by atoms with Crippen molar-refractivity contribution in [2.45, 2.75) is 19.6 Å². The summed E-state index contributed by atoms with van der Waals surface area (Å²) >= 11 is 5.49. The second-order valence-corrected chi connectivity index (χ2v) is 6.45. The second-order valence-electron chi connectivity index (χ2n) is 3.49. The molecule has 0 fully saturated rings. The van der Waals surface area contributed by atoms with Gasteiger partial charge >= 0.3 is 0 Å². The fourth-order valence-electron chi connectivity index (χ4n) is 1.42. The average Bonchev–Trinajstić information content (AvgIpc) is 2.32. The van der Waals surface area contributed by atoms with Crippen LogP contribution >= 0.6 is 24.4 Å². The summed E-state index contributed by atoms with van der Waals surface area (Å²) in [6.45, 7) is 0. The Balaban J connectivity index is 2.51. The topological polar surface area (TPSA) is 54.4 Å². The quantitative estimate of drug-likeness (QED) is 0.674. The van der Waals surface area contributed by atoms with Gasteiger partial charge < -0.3 is 0 Å². The highest BCUT2D eigenvalue weighted by atomic mass is 32.2. The SMILES string of the molecule is O=S(=O)(O)c1cccc(S)c1Sc1ccccc1. The van der Waals surface area contributed by atoms with Gasteiger partial charge in [0, 0.05) is 14.7 Å². The molecule has 0 aliphatic carbocycles. The number of hydrogen-bond acceptors (Lipinski definition) is 4. The van der Waals surface area contributed by atoms with Crippen molar-refractivity contribution in [3.63, 3.8) is 0 Å². The third kappa shape index (κ3) is 3.08. The highest BCUT2D eigenvalue weighted by molar-refractivity contribution is 8.00. The first-order valence-corrected chi connectivity index (χ1v) is 7.71. The van der Waals surface area contributed by atoms with Gasteiger partial charge in [0.25, 0.3) is 10.1 Å². The fraction of sp³-hybridized carbons (Fsp3) is 0. The van der Waals surface area contributed by atoms with E-state index in [0.717, 1.165) is 4.90 Å².